The number of hydrogen-bond acceptors (Lipinski definition) is 1. The highest BCUT2D eigenvalue weighted by atomic mass is 16.1. The lowest BCUT2D eigenvalue weighted by Gasteiger charge is -2.19. The first kappa shape index (κ1) is 17.2. The van der Waals surface area contributed by atoms with Crippen LogP contribution in [0.3, 0.4) is 0 Å². The topological polar surface area (TPSA) is 45.7 Å². The minimum Gasteiger partial charge on any atom is -0.332 e. The number of quaternary nitrogens is 1. The minimum atomic E-state index is 0.0369. The zero-order chi connectivity index (χ0) is 16.8. The predicted molar refractivity (Wildman–Crippen MR) is 95.4 cm³/mol. The molecule has 2 aromatic carbocycles. The van der Waals surface area contributed by atoms with E-state index in [1.807, 2.05) is 36.4 Å². The summed E-state index contributed by atoms with van der Waals surface area (Å²) in [5.74, 6) is 0.502. The molecule has 0 spiro atoms. The van der Waals surface area contributed by atoms with Gasteiger partial charge in [-0.3, -0.25) is 4.79 Å². The van der Waals surface area contributed by atoms with Crippen molar-refractivity contribution in [2.45, 2.75) is 33.7 Å². The van der Waals surface area contributed by atoms with E-state index in [0.29, 0.717) is 18.5 Å². The fourth-order valence-corrected chi connectivity index (χ4v) is 2.73. The lowest BCUT2D eigenvalue weighted by atomic mass is 9.96. The van der Waals surface area contributed by atoms with Gasteiger partial charge in [0.05, 0.1) is 0 Å². The summed E-state index contributed by atoms with van der Waals surface area (Å²) in [7, 11) is 0. The van der Waals surface area contributed by atoms with E-state index in [9.17, 15) is 4.79 Å². The Labute approximate surface area is 139 Å². The van der Waals surface area contributed by atoms with Crippen molar-refractivity contribution in [3.05, 3.63) is 65.2 Å². The molecule has 2 rings (SSSR count). The lowest BCUT2D eigenvalue weighted by molar-refractivity contribution is -0.692. The Morgan fingerprint density at radius 1 is 1.04 bits per heavy atom. The van der Waals surface area contributed by atoms with Gasteiger partial charge in [-0.15, -0.1) is 0 Å². The molecule has 0 heterocycles. The maximum atomic E-state index is 12.2. The number of carbonyl (C=O) groups is 1. The Bertz CT molecular complexity index is 650. The molecule has 0 saturated carbocycles. The maximum absolute atomic E-state index is 12.2. The van der Waals surface area contributed by atoms with Crippen LogP contribution < -0.4 is 10.6 Å². The van der Waals surface area contributed by atoms with Crippen molar-refractivity contribution in [3.8, 4) is 0 Å². The van der Waals surface area contributed by atoms with Gasteiger partial charge in [-0.05, 0) is 37.1 Å². The first-order valence-electron chi connectivity index (χ1n) is 8.22. The van der Waals surface area contributed by atoms with Crippen LogP contribution in [0.2, 0.25) is 0 Å². The second-order valence-electron chi connectivity index (χ2n) is 6.47. The van der Waals surface area contributed by atoms with Gasteiger partial charge in [-0.1, -0.05) is 50.2 Å². The summed E-state index contributed by atoms with van der Waals surface area (Å²) in [6, 6.07) is 16.7. The van der Waals surface area contributed by atoms with Crippen LogP contribution in [0.4, 0.5) is 5.69 Å². The van der Waals surface area contributed by atoms with Crippen LogP contribution in [-0.4, -0.2) is 12.5 Å². The van der Waals surface area contributed by atoms with E-state index in [1.165, 1.54) is 16.7 Å². The summed E-state index contributed by atoms with van der Waals surface area (Å²) in [4.78, 5) is 12.2. The monoisotopic (exact) mass is 311 g/mol. The average Bonchev–Trinajstić information content (AvgIpc) is 2.52. The van der Waals surface area contributed by atoms with Crippen molar-refractivity contribution in [3.63, 3.8) is 0 Å². The summed E-state index contributed by atoms with van der Waals surface area (Å²) < 4.78 is 0. The highest BCUT2D eigenvalue weighted by molar-refractivity contribution is 5.91. The van der Waals surface area contributed by atoms with Gasteiger partial charge in [-0.25, -0.2) is 0 Å². The minimum absolute atomic E-state index is 0.0369. The Hall–Kier alpha value is -2.13. The SMILES string of the molecule is Cc1ccc(NC(=O)C[NH2+][C@H](c2ccccc2)C(C)C)cc1C. The van der Waals surface area contributed by atoms with Gasteiger partial charge in [0, 0.05) is 17.2 Å². The van der Waals surface area contributed by atoms with Crippen molar-refractivity contribution in [2.75, 3.05) is 11.9 Å². The third-order valence-electron chi connectivity index (χ3n) is 4.25. The number of carbonyl (C=O) groups excluding carboxylic acids is 1. The highest BCUT2D eigenvalue weighted by Gasteiger charge is 2.20. The average molecular weight is 311 g/mol. The molecule has 0 saturated heterocycles. The molecule has 0 unspecified atom stereocenters. The first-order valence-corrected chi connectivity index (χ1v) is 8.22. The summed E-state index contributed by atoms with van der Waals surface area (Å²) in [5, 5.41) is 5.11. The Kier molecular flexibility index (Phi) is 5.94. The molecule has 1 amide bonds. The quantitative estimate of drug-likeness (QED) is 0.845. The van der Waals surface area contributed by atoms with Crippen molar-refractivity contribution < 1.29 is 10.1 Å². The van der Waals surface area contributed by atoms with Gasteiger partial charge in [0.25, 0.3) is 5.91 Å². The van der Waals surface area contributed by atoms with E-state index in [4.69, 9.17) is 0 Å². The first-order chi connectivity index (χ1) is 11.0. The van der Waals surface area contributed by atoms with Gasteiger partial charge < -0.3 is 10.6 Å². The molecule has 122 valence electrons. The van der Waals surface area contributed by atoms with E-state index in [2.05, 4.69) is 50.5 Å². The number of nitrogens with two attached hydrogens (primary N) is 1. The molecule has 0 radical (unpaired) electrons. The molecule has 0 fully saturated rings. The molecule has 0 aromatic heterocycles. The molecule has 0 aliphatic carbocycles. The number of anilines is 1. The van der Waals surface area contributed by atoms with Gasteiger partial charge in [0.15, 0.2) is 6.54 Å². The molecule has 0 aliphatic heterocycles. The second-order valence-corrected chi connectivity index (χ2v) is 6.47. The van der Waals surface area contributed by atoms with E-state index in [-0.39, 0.29) is 5.91 Å². The van der Waals surface area contributed by atoms with Crippen LogP contribution in [0.1, 0.15) is 36.6 Å². The smallest absolute Gasteiger partial charge is 0.279 e. The number of nitrogens with one attached hydrogen (secondary N) is 1. The van der Waals surface area contributed by atoms with Gasteiger partial charge in [0.2, 0.25) is 0 Å². The van der Waals surface area contributed by atoms with Crippen LogP contribution >= 0.6 is 0 Å². The summed E-state index contributed by atoms with van der Waals surface area (Å²) in [6.07, 6.45) is 0. The van der Waals surface area contributed by atoms with Crippen LogP contribution in [0, 0.1) is 19.8 Å². The molecule has 3 nitrogen and oxygen atoms in total. The Morgan fingerprint density at radius 2 is 1.74 bits per heavy atom. The van der Waals surface area contributed by atoms with E-state index in [1.54, 1.807) is 0 Å². The summed E-state index contributed by atoms with van der Waals surface area (Å²) in [5.41, 5.74) is 4.56. The van der Waals surface area contributed by atoms with Gasteiger partial charge >= 0.3 is 0 Å². The molecular weight excluding hydrogens is 284 g/mol. The van der Waals surface area contributed by atoms with E-state index >= 15 is 0 Å². The Morgan fingerprint density at radius 3 is 2.35 bits per heavy atom. The lowest BCUT2D eigenvalue weighted by Crippen LogP contribution is -2.88. The fourth-order valence-electron chi connectivity index (χ4n) is 2.73. The van der Waals surface area contributed by atoms with Gasteiger partial charge in [-0.2, -0.15) is 0 Å². The Balaban J connectivity index is 1.95. The third-order valence-corrected chi connectivity index (χ3v) is 4.25. The molecule has 3 N–H and O–H groups in total. The second kappa shape index (κ2) is 7.93. The number of hydrogen-bond donors (Lipinski definition) is 2. The van der Waals surface area contributed by atoms with Crippen LogP contribution in [0.15, 0.2) is 48.5 Å². The molecule has 2 aromatic rings. The van der Waals surface area contributed by atoms with Crippen LogP contribution in [-0.2, 0) is 4.79 Å². The highest BCUT2D eigenvalue weighted by Crippen LogP contribution is 2.17. The van der Waals surface area contributed by atoms with Crippen molar-refractivity contribution in [1.82, 2.24) is 0 Å². The molecule has 1 atom stereocenters. The molecule has 0 aliphatic rings. The van der Waals surface area contributed by atoms with Gasteiger partial charge in [0.1, 0.15) is 6.04 Å². The number of benzene rings is 2. The zero-order valence-corrected chi connectivity index (χ0v) is 14.5. The summed E-state index contributed by atoms with van der Waals surface area (Å²) in [6.45, 7) is 8.93. The largest absolute Gasteiger partial charge is 0.332 e. The number of amides is 1. The predicted octanol–water partition coefficient (Wildman–Crippen LogP) is 3.20. The molecule has 3 heteroatoms. The molecule has 0 bridgehead atoms. The normalized spacial score (nSPS) is 12.2. The van der Waals surface area contributed by atoms with Crippen LogP contribution in [0.5, 0.6) is 0 Å². The van der Waals surface area contributed by atoms with Crippen LogP contribution in [0.25, 0.3) is 0 Å². The van der Waals surface area contributed by atoms with Crippen molar-refractivity contribution in [2.24, 2.45) is 5.92 Å². The summed E-state index contributed by atoms with van der Waals surface area (Å²) >= 11 is 0. The number of rotatable bonds is 6. The third kappa shape index (κ3) is 4.93. The van der Waals surface area contributed by atoms with Crippen molar-refractivity contribution >= 4 is 11.6 Å². The van der Waals surface area contributed by atoms with E-state index in [0.717, 1.165) is 5.69 Å². The maximum Gasteiger partial charge on any atom is 0.279 e. The molecular formula is C20H27N2O+. The van der Waals surface area contributed by atoms with E-state index < -0.39 is 0 Å². The zero-order valence-electron chi connectivity index (χ0n) is 14.5. The molecule has 23 heavy (non-hydrogen) atoms. The standard InChI is InChI=1S/C20H26N2O/c1-14(2)20(17-8-6-5-7-9-17)21-13-19(23)22-18-11-10-15(3)16(4)12-18/h5-12,14,20-21H,13H2,1-4H3,(H,22,23)/p+1/t20-/m0/s1. The van der Waals surface area contributed by atoms with Crippen molar-refractivity contribution in [1.29, 1.82) is 0 Å². The fraction of sp³-hybridized carbons (Fsp3) is 0.350. The number of aryl methyl sites for hydroxylation is 2.